The van der Waals surface area contributed by atoms with Crippen molar-refractivity contribution in [3.63, 3.8) is 0 Å². The molecule has 0 saturated carbocycles. The van der Waals surface area contributed by atoms with Gasteiger partial charge in [-0.2, -0.15) is 0 Å². The van der Waals surface area contributed by atoms with Crippen molar-refractivity contribution in [2.24, 2.45) is 0 Å². The van der Waals surface area contributed by atoms with Crippen molar-refractivity contribution in [2.45, 2.75) is 6.92 Å². The van der Waals surface area contributed by atoms with Gasteiger partial charge < -0.3 is 14.6 Å². The molecule has 0 spiro atoms. The normalized spacial score (nSPS) is 8.35. The predicted octanol–water partition coefficient (Wildman–Crippen LogP) is 2.09. The highest BCUT2D eigenvalue weighted by Gasteiger charge is 2.05. The Balaban J connectivity index is 0.000000557. The van der Waals surface area contributed by atoms with Gasteiger partial charge in [0.25, 0.3) is 5.97 Å². The van der Waals surface area contributed by atoms with E-state index in [2.05, 4.69) is 11.3 Å². The van der Waals surface area contributed by atoms with Crippen LogP contribution in [0.4, 0.5) is 0 Å². The lowest BCUT2D eigenvalue weighted by Gasteiger charge is -2.01. The molecule has 92 valence electrons. The summed E-state index contributed by atoms with van der Waals surface area (Å²) in [4.78, 5) is 20.2. The highest BCUT2D eigenvalue weighted by molar-refractivity contribution is 5.90. The van der Waals surface area contributed by atoms with Gasteiger partial charge >= 0.3 is 5.97 Å². The van der Waals surface area contributed by atoms with Gasteiger partial charge in [0, 0.05) is 6.92 Å². The number of aliphatic carboxylic acids is 1. The third kappa shape index (κ3) is 6.72. The minimum atomic E-state index is -0.833. The first-order valence-electron chi connectivity index (χ1n) is 4.66. The molecule has 0 aliphatic rings. The number of benzene rings is 1. The van der Waals surface area contributed by atoms with Crippen molar-refractivity contribution in [1.82, 2.24) is 0 Å². The van der Waals surface area contributed by atoms with Gasteiger partial charge in [-0.15, -0.1) is 0 Å². The average molecular weight is 238 g/mol. The molecule has 1 aromatic carbocycles. The molecule has 17 heavy (non-hydrogen) atoms. The molecule has 5 heteroatoms. The van der Waals surface area contributed by atoms with Crippen LogP contribution in [0.3, 0.4) is 0 Å². The van der Waals surface area contributed by atoms with Crippen LogP contribution in [0.2, 0.25) is 0 Å². The number of carbonyl (C=O) groups excluding carboxylic acids is 1. The topological polar surface area (TPSA) is 72.8 Å². The van der Waals surface area contributed by atoms with Crippen molar-refractivity contribution in [3.05, 3.63) is 42.7 Å². The van der Waals surface area contributed by atoms with E-state index in [0.717, 1.165) is 13.2 Å². The number of hydrogen-bond acceptors (Lipinski definition) is 4. The highest BCUT2D eigenvalue weighted by Crippen LogP contribution is 2.13. The second kappa shape index (κ2) is 7.92. The quantitative estimate of drug-likeness (QED) is 0.644. The van der Waals surface area contributed by atoms with Gasteiger partial charge in [-0.1, -0.05) is 12.6 Å². The number of esters is 1. The molecule has 0 fully saturated rings. The van der Waals surface area contributed by atoms with E-state index in [1.54, 1.807) is 24.3 Å². The summed E-state index contributed by atoms with van der Waals surface area (Å²) in [6.45, 7) is 4.38. The molecule has 5 nitrogen and oxygen atoms in total. The number of carboxylic acid groups (broad SMARTS) is 1. The molecule has 1 N–H and O–H groups in total. The second-order valence-electron chi connectivity index (χ2n) is 2.82. The largest absolute Gasteiger partial charge is 0.497 e. The Morgan fingerprint density at radius 1 is 1.41 bits per heavy atom. The van der Waals surface area contributed by atoms with E-state index in [9.17, 15) is 4.79 Å². The Labute approximate surface area is 99.3 Å². The van der Waals surface area contributed by atoms with Gasteiger partial charge in [0.1, 0.15) is 5.75 Å². The van der Waals surface area contributed by atoms with Crippen LogP contribution in [0.5, 0.6) is 5.75 Å². The maximum absolute atomic E-state index is 11.2. The average Bonchev–Trinajstić information content (AvgIpc) is 2.29. The fourth-order valence-electron chi connectivity index (χ4n) is 0.894. The maximum Gasteiger partial charge on any atom is 0.343 e. The Bertz CT molecular complexity index is 394. The lowest BCUT2D eigenvalue weighted by atomic mass is 10.2. The van der Waals surface area contributed by atoms with Gasteiger partial charge in [-0.25, -0.2) is 4.79 Å². The van der Waals surface area contributed by atoms with Crippen LogP contribution in [-0.2, 0) is 9.53 Å². The SMILES string of the molecule is C=COC(=O)c1cccc(OC)c1.CC(=O)O. The number of ether oxygens (including phenoxy) is 2. The molecule has 0 saturated heterocycles. The molecule has 0 aliphatic carbocycles. The second-order valence-corrected chi connectivity index (χ2v) is 2.82. The lowest BCUT2D eigenvalue weighted by Crippen LogP contribution is -2.00. The van der Waals surface area contributed by atoms with Gasteiger partial charge in [0.05, 0.1) is 18.9 Å². The minimum absolute atomic E-state index is 0.436. The van der Waals surface area contributed by atoms with Crippen LogP contribution >= 0.6 is 0 Å². The summed E-state index contributed by atoms with van der Waals surface area (Å²) in [5.74, 6) is -0.646. The number of hydrogen-bond donors (Lipinski definition) is 1. The summed E-state index contributed by atoms with van der Waals surface area (Å²) in [6, 6.07) is 6.73. The third-order valence-corrected chi connectivity index (χ3v) is 1.50. The molecule has 0 amide bonds. The van der Waals surface area contributed by atoms with Crippen LogP contribution in [0.1, 0.15) is 17.3 Å². The van der Waals surface area contributed by atoms with Crippen LogP contribution in [0.15, 0.2) is 37.1 Å². The smallest absolute Gasteiger partial charge is 0.343 e. The predicted molar refractivity (Wildman–Crippen MR) is 61.9 cm³/mol. The molecule has 1 aromatic rings. The summed E-state index contributed by atoms with van der Waals surface area (Å²) >= 11 is 0. The third-order valence-electron chi connectivity index (χ3n) is 1.50. The van der Waals surface area contributed by atoms with Crippen LogP contribution < -0.4 is 4.74 Å². The first-order chi connectivity index (χ1) is 8.01. The fourth-order valence-corrected chi connectivity index (χ4v) is 0.894. The van der Waals surface area contributed by atoms with Crippen LogP contribution in [0, 0.1) is 0 Å². The van der Waals surface area contributed by atoms with Gasteiger partial charge in [-0.3, -0.25) is 4.79 Å². The molecular weight excluding hydrogens is 224 g/mol. The molecular formula is C12H14O5. The summed E-state index contributed by atoms with van der Waals surface area (Å²) in [7, 11) is 1.54. The summed E-state index contributed by atoms with van der Waals surface area (Å²) in [5, 5.41) is 7.42. The van der Waals surface area contributed by atoms with Crippen molar-refractivity contribution in [2.75, 3.05) is 7.11 Å². The van der Waals surface area contributed by atoms with Crippen LogP contribution in [0.25, 0.3) is 0 Å². The van der Waals surface area contributed by atoms with E-state index in [1.807, 2.05) is 0 Å². The molecule has 1 rings (SSSR count). The van der Waals surface area contributed by atoms with Crippen molar-refractivity contribution in [3.8, 4) is 5.75 Å². The Morgan fingerprint density at radius 3 is 2.47 bits per heavy atom. The number of methoxy groups -OCH3 is 1. The van der Waals surface area contributed by atoms with Crippen LogP contribution in [-0.4, -0.2) is 24.2 Å². The van der Waals surface area contributed by atoms with E-state index >= 15 is 0 Å². The van der Waals surface area contributed by atoms with E-state index in [1.165, 1.54) is 7.11 Å². The number of carboxylic acids is 1. The molecule has 0 unspecified atom stereocenters. The van der Waals surface area contributed by atoms with Gasteiger partial charge in [0.15, 0.2) is 0 Å². The number of rotatable bonds is 3. The molecule has 0 heterocycles. The van der Waals surface area contributed by atoms with E-state index in [-0.39, 0.29) is 0 Å². The zero-order valence-electron chi connectivity index (χ0n) is 9.67. The zero-order valence-corrected chi connectivity index (χ0v) is 9.67. The van der Waals surface area contributed by atoms with E-state index < -0.39 is 11.9 Å². The van der Waals surface area contributed by atoms with Crippen molar-refractivity contribution < 1.29 is 24.2 Å². The van der Waals surface area contributed by atoms with Crippen molar-refractivity contribution in [1.29, 1.82) is 0 Å². The Kier molecular flexibility index (Phi) is 6.85. The summed E-state index contributed by atoms with van der Waals surface area (Å²) in [5.41, 5.74) is 0.444. The summed E-state index contributed by atoms with van der Waals surface area (Å²) < 4.78 is 9.55. The maximum atomic E-state index is 11.2. The van der Waals surface area contributed by atoms with E-state index in [0.29, 0.717) is 11.3 Å². The zero-order chi connectivity index (χ0) is 13.3. The standard InChI is InChI=1S/C10H10O3.C2H4O2/c1-3-13-10(11)8-5-4-6-9(7-8)12-2;1-2(3)4/h3-7H,1H2,2H3;1H3,(H,3,4). The summed E-state index contributed by atoms with van der Waals surface area (Å²) in [6.07, 6.45) is 1.10. The lowest BCUT2D eigenvalue weighted by molar-refractivity contribution is -0.134. The van der Waals surface area contributed by atoms with Gasteiger partial charge in [0.2, 0.25) is 0 Å². The van der Waals surface area contributed by atoms with E-state index in [4.69, 9.17) is 14.6 Å². The highest BCUT2D eigenvalue weighted by atomic mass is 16.5. The first kappa shape index (κ1) is 14.7. The Morgan fingerprint density at radius 2 is 2.00 bits per heavy atom. The fraction of sp³-hybridized carbons (Fsp3) is 0.167. The monoisotopic (exact) mass is 238 g/mol. The van der Waals surface area contributed by atoms with Crippen molar-refractivity contribution >= 4 is 11.9 Å². The molecule has 0 radical (unpaired) electrons. The van der Waals surface area contributed by atoms with Gasteiger partial charge in [-0.05, 0) is 18.2 Å². The molecule has 0 atom stereocenters. The number of carbonyl (C=O) groups is 2. The molecule has 0 aliphatic heterocycles. The minimum Gasteiger partial charge on any atom is -0.497 e. The molecule has 0 bridgehead atoms. The first-order valence-corrected chi connectivity index (χ1v) is 4.66. The molecule has 0 aromatic heterocycles. The Hall–Kier alpha value is -2.30.